The Morgan fingerprint density at radius 1 is 0.500 bits per heavy atom. The molecule has 0 fully saturated rings. The highest BCUT2D eigenvalue weighted by Crippen LogP contribution is 2.31. The summed E-state index contributed by atoms with van der Waals surface area (Å²) in [6.45, 7) is 0.528. The lowest BCUT2D eigenvalue weighted by molar-refractivity contribution is 0.217. The lowest BCUT2D eigenvalue weighted by Crippen LogP contribution is -2.09. The fraction of sp³-hybridized carbons (Fsp3) is 0.0625. The third-order valence-corrected chi connectivity index (χ3v) is 6.22. The van der Waals surface area contributed by atoms with Crippen molar-refractivity contribution in [3.8, 4) is 33.8 Å². The summed E-state index contributed by atoms with van der Waals surface area (Å²) in [4.78, 5) is 24.3. The average Bonchev–Trinajstić information content (AvgIpc) is 2.95. The van der Waals surface area contributed by atoms with E-state index in [1.165, 1.54) is 12.1 Å². The first kappa shape index (κ1) is 23.3. The Morgan fingerprint density at radius 3 is 1.34 bits per heavy atom. The molecule has 6 aromatic rings. The molecule has 0 bridgehead atoms. The standard InChI is InChI=1S/C32H22O6/c33-31-19-27(21-7-3-1-4-8-21)25-13-11-23(17-29(25)37-31)35-15-16-36-24-12-14-26-28(22-9-5-2-6-10-22)20-32(34)38-30(26)18-24/h1-14,17-20H,15-16H2. The predicted octanol–water partition coefficient (Wildman–Crippen LogP) is 6.69. The van der Waals surface area contributed by atoms with Crippen LogP contribution in [-0.2, 0) is 0 Å². The third-order valence-electron chi connectivity index (χ3n) is 6.22. The number of hydrogen-bond donors (Lipinski definition) is 0. The van der Waals surface area contributed by atoms with Crippen molar-refractivity contribution < 1.29 is 18.3 Å². The number of fused-ring (bicyclic) bond motifs is 2. The van der Waals surface area contributed by atoms with Gasteiger partial charge >= 0.3 is 11.3 Å². The van der Waals surface area contributed by atoms with E-state index in [0.717, 1.165) is 33.0 Å². The summed E-state index contributed by atoms with van der Waals surface area (Å²) in [7, 11) is 0. The quantitative estimate of drug-likeness (QED) is 0.179. The Kier molecular flexibility index (Phi) is 6.20. The van der Waals surface area contributed by atoms with Gasteiger partial charge in [-0.1, -0.05) is 60.7 Å². The van der Waals surface area contributed by atoms with Crippen molar-refractivity contribution in [1.29, 1.82) is 0 Å². The number of ether oxygens (including phenoxy) is 2. The zero-order valence-corrected chi connectivity index (χ0v) is 20.3. The molecule has 4 aromatic carbocycles. The summed E-state index contributed by atoms with van der Waals surface area (Å²) in [6.07, 6.45) is 0. The van der Waals surface area contributed by atoms with Crippen molar-refractivity contribution in [2.75, 3.05) is 13.2 Å². The molecule has 6 nitrogen and oxygen atoms in total. The zero-order chi connectivity index (χ0) is 25.9. The van der Waals surface area contributed by atoms with Crippen molar-refractivity contribution >= 4 is 21.9 Å². The fourth-order valence-electron chi connectivity index (χ4n) is 4.50. The van der Waals surface area contributed by atoms with E-state index in [0.29, 0.717) is 22.7 Å². The summed E-state index contributed by atoms with van der Waals surface area (Å²) in [5.41, 5.74) is 3.56. The molecule has 6 rings (SSSR count). The molecule has 0 aliphatic carbocycles. The molecule has 2 aromatic heterocycles. The molecule has 0 aliphatic heterocycles. The molecular weight excluding hydrogens is 480 g/mol. The monoisotopic (exact) mass is 502 g/mol. The predicted molar refractivity (Wildman–Crippen MR) is 147 cm³/mol. The fourth-order valence-corrected chi connectivity index (χ4v) is 4.50. The van der Waals surface area contributed by atoms with E-state index >= 15 is 0 Å². The van der Waals surface area contributed by atoms with Crippen molar-refractivity contribution in [3.05, 3.63) is 130 Å². The Labute approximate surface area is 217 Å². The second-order valence-corrected chi connectivity index (χ2v) is 8.70. The Morgan fingerprint density at radius 2 is 0.921 bits per heavy atom. The van der Waals surface area contributed by atoms with Crippen LogP contribution in [0.25, 0.3) is 44.2 Å². The molecular formula is C32H22O6. The van der Waals surface area contributed by atoms with Crippen LogP contribution in [0.5, 0.6) is 11.5 Å². The van der Waals surface area contributed by atoms with Crippen LogP contribution in [-0.4, -0.2) is 13.2 Å². The Bertz CT molecular complexity index is 1710. The van der Waals surface area contributed by atoms with Gasteiger partial charge in [0.25, 0.3) is 0 Å². The molecule has 0 aliphatic rings. The van der Waals surface area contributed by atoms with Crippen LogP contribution in [0, 0.1) is 0 Å². The van der Waals surface area contributed by atoms with Crippen LogP contribution < -0.4 is 20.7 Å². The summed E-state index contributed by atoms with van der Waals surface area (Å²) in [6, 6.07) is 33.3. The lowest BCUT2D eigenvalue weighted by Gasteiger charge is -2.11. The summed E-state index contributed by atoms with van der Waals surface area (Å²) >= 11 is 0. The molecule has 0 spiro atoms. The van der Waals surface area contributed by atoms with Gasteiger partial charge in [-0.15, -0.1) is 0 Å². The van der Waals surface area contributed by atoms with Gasteiger partial charge in [-0.05, 0) is 46.5 Å². The second kappa shape index (κ2) is 10.1. The highest BCUT2D eigenvalue weighted by atomic mass is 16.5. The average molecular weight is 503 g/mol. The Hall–Kier alpha value is -5.10. The molecule has 0 N–H and O–H groups in total. The Balaban J connectivity index is 1.16. The summed E-state index contributed by atoms with van der Waals surface area (Å²) in [5, 5.41) is 1.65. The van der Waals surface area contributed by atoms with Crippen LogP contribution in [0.3, 0.4) is 0 Å². The zero-order valence-electron chi connectivity index (χ0n) is 20.3. The van der Waals surface area contributed by atoms with Crippen molar-refractivity contribution in [2.45, 2.75) is 0 Å². The van der Waals surface area contributed by atoms with E-state index in [1.54, 1.807) is 12.1 Å². The van der Waals surface area contributed by atoms with E-state index in [-0.39, 0.29) is 13.2 Å². The van der Waals surface area contributed by atoms with Gasteiger partial charge in [0.1, 0.15) is 35.9 Å². The summed E-state index contributed by atoms with van der Waals surface area (Å²) in [5.74, 6) is 1.12. The van der Waals surface area contributed by atoms with Gasteiger partial charge < -0.3 is 18.3 Å². The molecule has 6 heteroatoms. The first-order chi connectivity index (χ1) is 18.6. The number of rotatable bonds is 7. The van der Waals surface area contributed by atoms with Crippen LogP contribution in [0.2, 0.25) is 0 Å². The first-order valence-corrected chi connectivity index (χ1v) is 12.2. The number of hydrogen-bond acceptors (Lipinski definition) is 6. The molecule has 0 unspecified atom stereocenters. The highest BCUT2D eigenvalue weighted by molar-refractivity contribution is 5.94. The van der Waals surface area contributed by atoms with E-state index in [9.17, 15) is 9.59 Å². The van der Waals surface area contributed by atoms with Gasteiger partial charge in [-0.3, -0.25) is 0 Å². The maximum Gasteiger partial charge on any atom is 0.336 e. The minimum Gasteiger partial charge on any atom is -0.490 e. The minimum absolute atomic E-state index is 0.264. The van der Waals surface area contributed by atoms with Crippen LogP contribution in [0.1, 0.15) is 0 Å². The van der Waals surface area contributed by atoms with Crippen molar-refractivity contribution in [1.82, 2.24) is 0 Å². The van der Waals surface area contributed by atoms with E-state index in [2.05, 4.69) is 0 Å². The van der Waals surface area contributed by atoms with E-state index < -0.39 is 11.3 Å². The van der Waals surface area contributed by atoms with Crippen molar-refractivity contribution in [2.24, 2.45) is 0 Å². The molecule has 38 heavy (non-hydrogen) atoms. The van der Waals surface area contributed by atoms with E-state index in [4.69, 9.17) is 18.3 Å². The minimum atomic E-state index is -0.421. The largest absolute Gasteiger partial charge is 0.490 e. The topological polar surface area (TPSA) is 78.9 Å². The second-order valence-electron chi connectivity index (χ2n) is 8.70. The van der Waals surface area contributed by atoms with Crippen molar-refractivity contribution in [3.63, 3.8) is 0 Å². The van der Waals surface area contributed by atoms with Crippen LogP contribution >= 0.6 is 0 Å². The molecule has 0 radical (unpaired) electrons. The highest BCUT2D eigenvalue weighted by Gasteiger charge is 2.11. The number of benzene rings is 4. The molecule has 0 atom stereocenters. The van der Waals surface area contributed by atoms with Gasteiger partial charge in [0, 0.05) is 35.0 Å². The normalized spacial score (nSPS) is 11.1. The van der Waals surface area contributed by atoms with Gasteiger partial charge in [0.2, 0.25) is 0 Å². The van der Waals surface area contributed by atoms with Gasteiger partial charge in [0.05, 0.1) is 0 Å². The molecule has 0 saturated heterocycles. The first-order valence-electron chi connectivity index (χ1n) is 12.2. The molecule has 0 saturated carbocycles. The van der Waals surface area contributed by atoms with Gasteiger partial charge in [-0.2, -0.15) is 0 Å². The smallest absolute Gasteiger partial charge is 0.336 e. The van der Waals surface area contributed by atoms with Crippen LogP contribution in [0.15, 0.2) is 128 Å². The summed E-state index contributed by atoms with van der Waals surface area (Å²) < 4.78 is 22.5. The third kappa shape index (κ3) is 4.80. The lowest BCUT2D eigenvalue weighted by atomic mass is 10.0. The SMILES string of the molecule is O=c1cc(-c2ccccc2)c2ccc(OCCOc3ccc4c(-c5ccccc5)cc(=O)oc4c3)cc2o1. The maximum atomic E-state index is 12.2. The maximum absolute atomic E-state index is 12.2. The van der Waals surface area contributed by atoms with Gasteiger partial charge in [0.15, 0.2) is 0 Å². The molecule has 186 valence electrons. The van der Waals surface area contributed by atoms with E-state index in [1.807, 2.05) is 84.9 Å². The molecule has 2 heterocycles. The van der Waals surface area contributed by atoms with Crippen LogP contribution in [0.4, 0.5) is 0 Å². The van der Waals surface area contributed by atoms with Gasteiger partial charge in [-0.25, -0.2) is 9.59 Å². The molecule has 0 amide bonds.